The second kappa shape index (κ2) is 6.15. The maximum atomic E-state index is 13.3. The third kappa shape index (κ3) is 3.44. The van der Waals surface area contributed by atoms with Crippen LogP contribution in [0, 0.1) is 9.39 Å². The van der Waals surface area contributed by atoms with Gasteiger partial charge in [0.2, 0.25) is 0 Å². The first kappa shape index (κ1) is 14.5. The summed E-state index contributed by atoms with van der Waals surface area (Å²) in [4.78, 5) is 0. The van der Waals surface area contributed by atoms with Crippen molar-refractivity contribution in [2.45, 2.75) is 6.54 Å². The van der Waals surface area contributed by atoms with Gasteiger partial charge >= 0.3 is 0 Å². The quantitative estimate of drug-likeness (QED) is 0.554. The summed E-state index contributed by atoms with van der Waals surface area (Å²) in [6, 6.07) is 12.6. The molecule has 1 aromatic heterocycles. The van der Waals surface area contributed by atoms with E-state index in [2.05, 4.69) is 52.0 Å². The van der Waals surface area contributed by atoms with Crippen molar-refractivity contribution < 1.29 is 4.39 Å². The summed E-state index contributed by atoms with van der Waals surface area (Å²) in [6.45, 7) is 0.445. The molecule has 0 amide bonds. The summed E-state index contributed by atoms with van der Waals surface area (Å²) in [5, 5.41) is 4.86. The molecule has 0 N–H and O–H groups in total. The first-order valence-electron chi connectivity index (χ1n) is 6.34. The summed E-state index contributed by atoms with van der Waals surface area (Å²) in [6.07, 6.45) is 3.73. The predicted molar refractivity (Wildman–Crippen MR) is 90.9 cm³/mol. The Hall–Kier alpha value is -1.40. The standard InChI is InChI=1S/C16H11ClFIN2/c17-16-6-3-14(18)7-12(16)9-21-10-13(8-20-21)11-1-4-15(19)5-2-11/h1-8,10H,9H2. The zero-order valence-corrected chi connectivity index (χ0v) is 13.8. The lowest BCUT2D eigenvalue weighted by molar-refractivity contribution is 0.619. The monoisotopic (exact) mass is 412 g/mol. The molecule has 0 atom stereocenters. The number of benzene rings is 2. The van der Waals surface area contributed by atoms with Gasteiger partial charge in [-0.1, -0.05) is 23.7 Å². The molecule has 0 aliphatic rings. The van der Waals surface area contributed by atoms with Gasteiger partial charge in [-0.05, 0) is 64.0 Å². The molecule has 2 aromatic carbocycles. The molecule has 0 aliphatic carbocycles. The highest BCUT2D eigenvalue weighted by Crippen LogP contribution is 2.22. The number of nitrogens with zero attached hydrogens (tertiary/aromatic N) is 2. The Kier molecular flexibility index (Phi) is 4.26. The molecule has 106 valence electrons. The highest BCUT2D eigenvalue weighted by Gasteiger charge is 2.06. The second-order valence-corrected chi connectivity index (χ2v) is 6.32. The molecule has 0 radical (unpaired) electrons. The van der Waals surface area contributed by atoms with E-state index in [0.717, 1.165) is 11.1 Å². The van der Waals surface area contributed by atoms with Gasteiger partial charge in [0.15, 0.2) is 0 Å². The molecule has 5 heteroatoms. The number of rotatable bonds is 3. The van der Waals surface area contributed by atoms with Gasteiger partial charge < -0.3 is 0 Å². The lowest BCUT2D eigenvalue weighted by atomic mass is 10.1. The molecule has 0 aliphatic heterocycles. The van der Waals surface area contributed by atoms with Crippen LogP contribution in [0.5, 0.6) is 0 Å². The minimum Gasteiger partial charge on any atom is -0.268 e. The lowest BCUT2D eigenvalue weighted by Crippen LogP contribution is -2.01. The van der Waals surface area contributed by atoms with Gasteiger partial charge in [-0.15, -0.1) is 0 Å². The molecule has 21 heavy (non-hydrogen) atoms. The Morgan fingerprint density at radius 3 is 2.62 bits per heavy atom. The Morgan fingerprint density at radius 1 is 1.10 bits per heavy atom. The summed E-state index contributed by atoms with van der Waals surface area (Å²) >= 11 is 8.35. The lowest BCUT2D eigenvalue weighted by Gasteiger charge is -2.04. The van der Waals surface area contributed by atoms with Crippen molar-refractivity contribution in [1.82, 2.24) is 9.78 Å². The Labute approximate surface area is 140 Å². The molecule has 2 nitrogen and oxygen atoms in total. The van der Waals surface area contributed by atoms with Crippen LogP contribution in [0.3, 0.4) is 0 Å². The largest absolute Gasteiger partial charge is 0.268 e. The van der Waals surface area contributed by atoms with Crippen LogP contribution in [0.2, 0.25) is 5.02 Å². The maximum Gasteiger partial charge on any atom is 0.123 e. The van der Waals surface area contributed by atoms with E-state index in [9.17, 15) is 4.39 Å². The molecule has 3 rings (SSSR count). The SMILES string of the molecule is Fc1ccc(Cl)c(Cn2cc(-c3ccc(I)cc3)cn2)c1. The molecule has 0 unspecified atom stereocenters. The van der Waals surface area contributed by atoms with Crippen LogP contribution in [0.1, 0.15) is 5.56 Å². The Morgan fingerprint density at radius 2 is 1.86 bits per heavy atom. The maximum absolute atomic E-state index is 13.3. The van der Waals surface area contributed by atoms with Crippen LogP contribution in [0.15, 0.2) is 54.9 Å². The van der Waals surface area contributed by atoms with E-state index >= 15 is 0 Å². The first-order valence-corrected chi connectivity index (χ1v) is 7.80. The van der Waals surface area contributed by atoms with Gasteiger partial charge in [0.1, 0.15) is 5.82 Å². The summed E-state index contributed by atoms with van der Waals surface area (Å²) < 4.78 is 16.2. The van der Waals surface area contributed by atoms with E-state index in [-0.39, 0.29) is 5.82 Å². The number of hydrogen-bond acceptors (Lipinski definition) is 1. The van der Waals surface area contributed by atoms with Gasteiger partial charge in [-0.3, -0.25) is 4.68 Å². The zero-order valence-electron chi connectivity index (χ0n) is 10.9. The van der Waals surface area contributed by atoms with E-state index in [1.165, 1.54) is 15.7 Å². The van der Waals surface area contributed by atoms with Gasteiger partial charge in [-0.25, -0.2) is 4.39 Å². The molecule has 0 saturated heterocycles. The highest BCUT2D eigenvalue weighted by atomic mass is 127. The van der Waals surface area contributed by atoms with Crippen molar-refractivity contribution in [1.29, 1.82) is 0 Å². The highest BCUT2D eigenvalue weighted by molar-refractivity contribution is 14.1. The number of hydrogen-bond donors (Lipinski definition) is 0. The molecule has 1 heterocycles. The van der Waals surface area contributed by atoms with E-state index in [1.54, 1.807) is 16.9 Å². The Balaban J connectivity index is 1.85. The third-order valence-electron chi connectivity index (χ3n) is 3.15. The van der Waals surface area contributed by atoms with Crippen molar-refractivity contribution in [3.8, 4) is 11.1 Å². The van der Waals surface area contributed by atoms with Crippen molar-refractivity contribution in [3.63, 3.8) is 0 Å². The molecule has 0 saturated carbocycles. The minimum absolute atomic E-state index is 0.292. The van der Waals surface area contributed by atoms with E-state index in [4.69, 9.17) is 11.6 Å². The Bertz CT molecular complexity index is 768. The van der Waals surface area contributed by atoms with E-state index < -0.39 is 0 Å². The third-order valence-corrected chi connectivity index (χ3v) is 4.24. The van der Waals surface area contributed by atoms with Crippen LogP contribution < -0.4 is 0 Å². The van der Waals surface area contributed by atoms with Crippen LogP contribution in [0.4, 0.5) is 4.39 Å². The van der Waals surface area contributed by atoms with Crippen molar-refractivity contribution in [2.24, 2.45) is 0 Å². The van der Waals surface area contributed by atoms with Crippen LogP contribution in [0.25, 0.3) is 11.1 Å². The fourth-order valence-corrected chi connectivity index (χ4v) is 2.62. The predicted octanol–water partition coefficient (Wildman–Crippen LogP) is 5.00. The number of halogens is 3. The van der Waals surface area contributed by atoms with Crippen molar-refractivity contribution in [3.05, 3.63) is 74.8 Å². The molecule has 0 spiro atoms. The fraction of sp³-hybridized carbons (Fsp3) is 0.0625. The molecular formula is C16H11ClFIN2. The molecular weight excluding hydrogens is 402 g/mol. The summed E-state index contributed by atoms with van der Waals surface area (Å²) in [5.41, 5.74) is 2.85. The molecule has 0 bridgehead atoms. The smallest absolute Gasteiger partial charge is 0.123 e. The van der Waals surface area contributed by atoms with Gasteiger partial charge in [-0.2, -0.15) is 5.10 Å². The van der Waals surface area contributed by atoms with Gasteiger partial charge in [0, 0.05) is 20.4 Å². The molecule has 3 aromatic rings. The second-order valence-electron chi connectivity index (χ2n) is 4.67. The zero-order chi connectivity index (χ0) is 14.8. The van der Waals surface area contributed by atoms with E-state index in [1.807, 2.05) is 6.20 Å². The van der Waals surface area contributed by atoms with Crippen molar-refractivity contribution >= 4 is 34.2 Å². The first-order chi connectivity index (χ1) is 10.1. The minimum atomic E-state index is -0.292. The van der Waals surface area contributed by atoms with Crippen LogP contribution in [-0.4, -0.2) is 9.78 Å². The van der Waals surface area contributed by atoms with Crippen LogP contribution >= 0.6 is 34.2 Å². The average Bonchev–Trinajstić information content (AvgIpc) is 2.92. The van der Waals surface area contributed by atoms with Gasteiger partial charge in [0.05, 0.1) is 12.7 Å². The summed E-state index contributed by atoms with van der Waals surface area (Å²) in [5.74, 6) is -0.292. The number of aromatic nitrogens is 2. The van der Waals surface area contributed by atoms with Gasteiger partial charge in [0.25, 0.3) is 0 Å². The topological polar surface area (TPSA) is 17.8 Å². The van der Waals surface area contributed by atoms with Crippen LogP contribution in [-0.2, 0) is 6.54 Å². The average molecular weight is 413 g/mol. The fourth-order valence-electron chi connectivity index (χ4n) is 2.08. The normalized spacial score (nSPS) is 10.8. The van der Waals surface area contributed by atoms with Crippen molar-refractivity contribution in [2.75, 3.05) is 0 Å². The molecule has 0 fully saturated rings. The van der Waals surface area contributed by atoms with E-state index in [0.29, 0.717) is 17.1 Å². The summed E-state index contributed by atoms with van der Waals surface area (Å²) in [7, 11) is 0.